The fourth-order valence-corrected chi connectivity index (χ4v) is 3.96. The molecule has 2 N–H and O–H groups in total. The molecule has 9 nitrogen and oxygen atoms in total. The normalized spacial score (nSPS) is 14.3. The number of methoxy groups -OCH3 is 1. The summed E-state index contributed by atoms with van der Waals surface area (Å²) in [6.07, 6.45) is -0.263. The molecule has 3 aromatic carbocycles. The molecule has 3 amide bonds. The predicted octanol–water partition coefficient (Wildman–Crippen LogP) is 3.86. The third-order valence-electron chi connectivity index (χ3n) is 5.56. The van der Waals surface area contributed by atoms with Gasteiger partial charge in [0.25, 0.3) is 5.91 Å². The lowest BCUT2D eigenvalue weighted by molar-refractivity contribution is -0.127. The van der Waals surface area contributed by atoms with E-state index in [1.165, 1.54) is 12.0 Å². The highest BCUT2D eigenvalue weighted by atomic mass is 16.5. The number of carbonyl (C=O) groups excluding carboxylic acids is 3. The number of fused-ring (bicyclic) bond motifs is 1. The maximum atomic E-state index is 13.4. The molecule has 0 aromatic heterocycles. The first-order chi connectivity index (χ1) is 17.5. The Labute approximate surface area is 209 Å². The van der Waals surface area contributed by atoms with E-state index in [-0.39, 0.29) is 13.0 Å². The minimum Gasteiger partial charge on any atom is -0.493 e. The van der Waals surface area contributed by atoms with Crippen LogP contribution in [0.3, 0.4) is 0 Å². The van der Waals surface area contributed by atoms with E-state index in [9.17, 15) is 14.4 Å². The van der Waals surface area contributed by atoms with Gasteiger partial charge in [0.15, 0.2) is 18.1 Å². The number of ether oxygens (including phenoxy) is 3. The van der Waals surface area contributed by atoms with E-state index in [1.807, 2.05) is 6.92 Å². The molecule has 9 heteroatoms. The van der Waals surface area contributed by atoms with E-state index in [1.54, 1.807) is 72.8 Å². The number of rotatable bonds is 9. The lowest BCUT2D eigenvalue weighted by Crippen LogP contribution is -2.53. The predicted molar refractivity (Wildman–Crippen MR) is 136 cm³/mol. The Morgan fingerprint density at radius 1 is 0.917 bits per heavy atom. The van der Waals surface area contributed by atoms with Gasteiger partial charge in [-0.1, -0.05) is 36.4 Å². The van der Waals surface area contributed by atoms with Crippen molar-refractivity contribution in [3.63, 3.8) is 0 Å². The Hall–Kier alpha value is -4.53. The fraction of sp³-hybridized carbons (Fsp3) is 0.222. The van der Waals surface area contributed by atoms with Gasteiger partial charge in [-0.2, -0.15) is 0 Å². The highest BCUT2D eigenvalue weighted by Crippen LogP contribution is 2.34. The smallest absolute Gasteiger partial charge is 0.265 e. The second-order valence-corrected chi connectivity index (χ2v) is 7.91. The summed E-state index contributed by atoms with van der Waals surface area (Å²) >= 11 is 0. The van der Waals surface area contributed by atoms with Crippen molar-refractivity contribution in [2.24, 2.45) is 0 Å². The van der Waals surface area contributed by atoms with Crippen molar-refractivity contribution in [2.45, 2.75) is 19.4 Å². The van der Waals surface area contributed by atoms with Crippen molar-refractivity contribution >= 4 is 34.8 Å². The summed E-state index contributed by atoms with van der Waals surface area (Å²) in [7, 11) is 1.51. The van der Waals surface area contributed by atoms with Gasteiger partial charge >= 0.3 is 0 Å². The summed E-state index contributed by atoms with van der Waals surface area (Å²) in [5.41, 5.74) is 1.45. The maximum absolute atomic E-state index is 13.4. The molecule has 0 saturated heterocycles. The molecule has 36 heavy (non-hydrogen) atoms. The molecule has 1 aliphatic heterocycles. The molecule has 1 aliphatic rings. The van der Waals surface area contributed by atoms with Crippen LogP contribution in [0.5, 0.6) is 17.2 Å². The lowest BCUT2D eigenvalue weighted by atomic mass is 10.0. The molecule has 3 aromatic rings. The van der Waals surface area contributed by atoms with Gasteiger partial charge in [0.2, 0.25) is 11.8 Å². The van der Waals surface area contributed by atoms with Gasteiger partial charge < -0.3 is 24.8 Å². The molecule has 0 fully saturated rings. The number of nitrogens with zero attached hydrogens (tertiary/aromatic N) is 1. The first kappa shape index (κ1) is 24.6. The summed E-state index contributed by atoms with van der Waals surface area (Å²) in [6, 6.07) is 19.8. The number of carbonyl (C=O) groups is 3. The Bertz CT molecular complexity index is 1260. The molecule has 186 valence electrons. The van der Waals surface area contributed by atoms with E-state index in [0.29, 0.717) is 40.9 Å². The van der Waals surface area contributed by atoms with Gasteiger partial charge in [0.05, 0.1) is 37.2 Å². The van der Waals surface area contributed by atoms with E-state index >= 15 is 0 Å². The largest absolute Gasteiger partial charge is 0.493 e. The topological polar surface area (TPSA) is 106 Å². The van der Waals surface area contributed by atoms with Crippen molar-refractivity contribution in [3.8, 4) is 17.2 Å². The second kappa shape index (κ2) is 11.3. The van der Waals surface area contributed by atoms with E-state index in [4.69, 9.17) is 14.2 Å². The number of hydrogen-bond acceptors (Lipinski definition) is 6. The Kier molecular flexibility index (Phi) is 7.69. The highest BCUT2D eigenvalue weighted by molar-refractivity contribution is 6.14. The fourth-order valence-electron chi connectivity index (χ4n) is 3.96. The molecule has 0 bridgehead atoms. The first-order valence-electron chi connectivity index (χ1n) is 11.5. The summed E-state index contributed by atoms with van der Waals surface area (Å²) in [6.45, 7) is 1.93. The van der Waals surface area contributed by atoms with Gasteiger partial charge in [-0.05, 0) is 43.3 Å². The summed E-state index contributed by atoms with van der Waals surface area (Å²) in [4.78, 5) is 40.7. The zero-order chi connectivity index (χ0) is 25.5. The van der Waals surface area contributed by atoms with Crippen LogP contribution in [0, 0.1) is 0 Å². The van der Waals surface area contributed by atoms with Gasteiger partial charge in [-0.15, -0.1) is 0 Å². The highest BCUT2D eigenvalue weighted by Gasteiger charge is 2.38. The van der Waals surface area contributed by atoms with Crippen LogP contribution in [-0.4, -0.2) is 44.1 Å². The molecule has 0 radical (unpaired) electrons. The Balaban J connectivity index is 1.56. The zero-order valence-corrected chi connectivity index (χ0v) is 20.0. The molecule has 1 heterocycles. The Morgan fingerprint density at radius 2 is 1.58 bits per heavy atom. The number of hydrogen-bond donors (Lipinski definition) is 2. The molecular weight excluding hydrogens is 462 g/mol. The van der Waals surface area contributed by atoms with Crippen LogP contribution >= 0.6 is 0 Å². The van der Waals surface area contributed by atoms with Crippen molar-refractivity contribution in [3.05, 3.63) is 72.8 Å². The van der Waals surface area contributed by atoms with Crippen molar-refractivity contribution in [2.75, 3.05) is 35.9 Å². The van der Waals surface area contributed by atoms with Gasteiger partial charge in [0.1, 0.15) is 11.8 Å². The molecule has 0 saturated carbocycles. The second-order valence-electron chi connectivity index (χ2n) is 7.91. The SMILES string of the molecule is CCOc1ccccc1NC(=O)CC1C(=O)Nc2ccccc2N1C(=O)COc1ccccc1OC. The van der Waals surface area contributed by atoms with Crippen LogP contribution in [0.25, 0.3) is 0 Å². The summed E-state index contributed by atoms with van der Waals surface area (Å²) < 4.78 is 16.6. The van der Waals surface area contributed by atoms with E-state index < -0.39 is 23.8 Å². The van der Waals surface area contributed by atoms with Crippen molar-refractivity contribution in [1.29, 1.82) is 0 Å². The minimum absolute atomic E-state index is 0.263. The number of para-hydroxylation sites is 6. The lowest BCUT2D eigenvalue weighted by Gasteiger charge is -2.36. The average molecular weight is 490 g/mol. The third-order valence-corrected chi connectivity index (χ3v) is 5.56. The summed E-state index contributed by atoms with van der Waals surface area (Å²) in [5.74, 6) is 0.00858. The molecule has 0 spiro atoms. The number of amides is 3. The van der Waals surface area contributed by atoms with Crippen LogP contribution in [-0.2, 0) is 14.4 Å². The van der Waals surface area contributed by atoms with E-state index in [2.05, 4.69) is 10.6 Å². The standard InChI is InChI=1S/C27H27N3O6/c1-3-35-22-13-7-5-11-19(22)28-25(31)16-21-27(33)29-18-10-4-6-12-20(18)30(21)26(32)17-36-24-15-9-8-14-23(24)34-2/h4-15,21H,3,16-17H2,1-2H3,(H,28,31)(H,29,33). The van der Waals surface area contributed by atoms with Gasteiger partial charge in [-0.25, -0.2) is 0 Å². The first-order valence-corrected chi connectivity index (χ1v) is 11.5. The number of anilines is 3. The monoisotopic (exact) mass is 489 g/mol. The molecule has 1 atom stereocenters. The molecule has 4 rings (SSSR count). The van der Waals surface area contributed by atoms with Crippen molar-refractivity contribution in [1.82, 2.24) is 0 Å². The van der Waals surface area contributed by atoms with E-state index in [0.717, 1.165) is 0 Å². The van der Waals surface area contributed by atoms with Gasteiger partial charge in [-0.3, -0.25) is 19.3 Å². The minimum atomic E-state index is -1.08. The van der Waals surface area contributed by atoms with Crippen LogP contribution < -0.4 is 29.7 Å². The quantitative estimate of drug-likeness (QED) is 0.473. The Morgan fingerprint density at radius 3 is 2.33 bits per heavy atom. The zero-order valence-electron chi connectivity index (χ0n) is 20.0. The third kappa shape index (κ3) is 5.41. The van der Waals surface area contributed by atoms with Crippen molar-refractivity contribution < 1.29 is 28.6 Å². The summed E-state index contributed by atoms with van der Waals surface area (Å²) in [5, 5.41) is 5.58. The van der Waals surface area contributed by atoms with Crippen LogP contribution in [0.2, 0.25) is 0 Å². The van der Waals surface area contributed by atoms with Crippen LogP contribution in [0.4, 0.5) is 17.1 Å². The molecular formula is C27H27N3O6. The maximum Gasteiger partial charge on any atom is 0.265 e. The van der Waals surface area contributed by atoms with Crippen LogP contribution in [0.15, 0.2) is 72.8 Å². The molecule has 0 aliphatic carbocycles. The van der Waals surface area contributed by atoms with Crippen LogP contribution in [0.1, 0.15) is 13.3 Å². The van der Waals surface area contributed by atoms with Gasteiger partial charge in [0, 0.05) is 0 Å². The number of nitrogens with one attached hydrogen (secondary N) is 2. The average Bonchev–Trinajstić information content (AvgIpc) is 2.89. The molecule has 1 unspecified atom stereocenters. The number of benzene rings is 3.